The minimum absolute atomic E-state index is 0. The molecule has 0 aromatic heterocycles. The van der Waals surface area contributed by atoms with Crippen LogP contribution in [0, 0.1) is 12.7 Å². The maximum Gasteiger partial charge on any atom is 0.126 e. The molecule has 1 aromatic rings. The fraction of sp³-hybridized carbons (Fsp3) is 0.400. The van der Waals surface area contributed by atoms with Crippen LogP contribution in [0.5, 0.6) is 0 Å². The zero-order valence-corrected chi connectivity index (χ0v) is 8.78. The topological polar surface area (TPSA) is 26.0 Å². The van der Waals surface area contributed by atoms with Crippen LogP contribution in [0.25, 0.3) is 0 Å². The zero-order chi connectivity index (χ0) is 9.84. The van der Waals surface area contributed by atoms with Crippen LogP contribution in [0.4, 0.5) is 8.78 Å². The van der Waals surface area contributed by atoms with E-state index in [1.54, 1.807) is 19.1 Å². The van der Waals surface area contributed by atoms with Crippen molar-refractivity contribution in [2.24, 2.45) is 5.73 Å². The second-order valence-corrected chi connectivity index (χ2v) is 3.09. The standard InChI is InChI=1S/C10H13F2N.ClH/c1-7-6-8(2-3-9(7)12)10(13)4-5-11;/h2-3,6,10H,4-5,13H2,1H3;1H/t10-;/m1./s1. The summed E-state index contributed by atoms with van der Waals surface area (Å²) < 4.78 is 24.8. The predicted octanol–water partition coefficient (Wildman–Crippen LogP) is 2.92. The zero-order valence-electron chi connectivity index (χ0n) is 7.97. The first-order chi connectivity index (χ1) is 6.15. The minimum atomic E-state index is -0.447. The van der Waals surface area contributed by atoms with E-state index < -0.39 is 6.67 Å². The lowest BCUT2D eigenvalue weighted by Crippen LogP contribution is -2.11. The molecule has 1 rings (SSSR count). The van der Waals surface area contributed by atoms with Crippen LogP contribution >= 0.6 is 12.4 Å². The lowest BCUT2D eigenvalue weighted by Gasteiger charge is -2.10. The van der Waals surface area contributed by atoms with Crippen molar-refractivity contribution in [2.75, 3.05) is 6.67 Å². The third-order valence-electron chi connectivity index (χ3n) is 2.03. The molecule has 1 nitrogen and oxygen atoms in total. The van der Waals surface area contributed by atoms with E-state index in [1.165, 1.54) is 6.07 Å². The predicted molar refractivity (Wildman–Crippen MR) is 55.9 cm³/mol. The Morgan fingerprint density at radius 2 is 2.07 bits per heavy atom. The summed E-state index contributed by atoms with van der Waals surface area (Å²) in [7, 11) is 0. The van der Waals surface area contributed by atoms with Crippen molar-refractivity contribution < 1.29 is 8.78 Å². The molecule has 14 heavy (non-hydrogen) atoms. The highest BCUT2D eigenvalue weighted by molar-refractivity contribution is 5.85. The average Bonchev–Trinajstić information content (AvgIpc) is 2.10. The maximum absolute atomic E-state index is 12.8. The van der Waals surface area contributed by atoms with Gasteiger partial charge in [0.1, 0.15) is 5.82 Å². The van der Waals surface area contributed by atoms with Gasteiger partial charge in [-0.25, -0.2) is 4.39 Å². The van der Waals surface area contributed by atoms with Crippen LogP contribution in [0.1, 0.15) is 23.6 Å². The Hall–Kier alpha value is -0.670. The van der Waals surface area contributed by atoms with Crippen molar-refractivity contribution in [3.05, 3.63) is 35.1 Å². The highest BCUT2D eigenvalue weighted by Crippen LogP contribution is 2.17. The minimum Gasteiger partial charge on any atom is -0.324 e. The molecule has 1 aromatic carbocycles. The monoisotopic (exact) mass is 221 g/mol. The lowest BCUT2D eigenvalue weighted by molar-refractivity contribution is 0.441. The molecule has 0 saturated heterocycles. The van der Waals surface area contributed by atoms with E-state index in [4.69, 9.17) is 5.73 Å². The van der Waals surface area contributed by atoms with Gasteiger partial charge in [0.25, 0.3) is 0 Å². The normalized spacial score (nSPS) is 12.0. The van der Waals surface area contributed by atoms with Gasteiger partial charge < -0.3 is 5.73 Å². The van der Waals surface area contributed by atoms with Crippen LogP contribution in [0.15, 0.2) is 18.2 Å². The molecule has 0 bridgehead atoms. The van der Waals surface area contributed by atoms with E-state index in [9.17, 15) is 8.78 Å². The molecule has 0 unspecified atom stereocenters. The number of rotatable bonds is 3. The molecular formula is C10H14ClF2N. The number of nitrogens with two attached hydrogens (primary N) is 1. The summed E-state index contributed by atoms with van der Waals surface area (Å²) in [5, 5.41) is 0. The number of aryl methyl sites for hydroxylation is 1. The fourth-order valence-corrected chi connectivity index (χ4v) is 1.18. The van der Waals surface area contributed by atoms with Gasteiger partial charge in [0.2, 0.25) is 0 Å². The van der Waals surface area contributed by atoms with Crippen molar-refractivity contribution in [2.45, 2.75) is 19.4 Å². The van der Waals surface area contributed by atoms with Gasteiger partial charge >= 0.3 is 0 Å². The molecule has 0 aliphatic carbocycles. The summed E-state index contributed by atoms with van der Waals surface area (Å²) in [5.74, 6) is -0.254. The van der Waals surface area contributed by atoms with E-state index in [2.05, 4.69) is 0 Å². The van der Waals surface area contributed by atoms with Gasteiger partial charge in [0, 0.05) is 6.04 Å². The molecular weight excluding hydrogens is 208 g/mol. The van der Waals surface area contributed by atoms with Gasteiger partial charge in [-0.3, -0.25) is 4.39 Å². The van der Waals surface area contributed by atoms with Crippen LogP contribution in [0.3, 0.4) is 0 Å². The van der Waals surface area contributed by atoms with Crippen LogP contribution < -0.4 is 5.73 Å². The van der Waals surface area contributed by atoms with Crippen LogP contribution in [-0.2, 0) is 0 Å². The van der Waals surface area contributed by atoms with Crippen molar-refractivity contribution >= 4 is 12.4 Å². The summed E-state index contributed by atoms with van der Waals surface area (Å²) in [5.41, 5.74) is 7.00. The van der Waals surface area contributed by atoms with Gasteiger partial charge in [0.15, 0.2) is 0 Å². The number of halogens is 3. The summed E-state index contributed by atoms with van der Waals surface area (Å²) in [6.07, 6.45) is 0.283. The fourth-order valence-electron chi connectivity index (χ4n) is 1.18. The molecule has 0 spiro atoms. The molecule has 0 heterocycles. The molecule has 4 heteroatoms. The van der Waals surface area contributed by atoms with E-state index in [0.29, 0.717) is 5.56 Å². The van der Waals surface area contributed by atoms with Crippen molar-refractivity contribution in [1.82, 2.24) is 0 Å². The van der Waals surface area contributed by atoms with Crippen molar-refractivity contribution in [3.63, 3.8) is 0 Å². The summed E-state index contributed by atoms with van der Waals surface area (Å²) in [4.78, 5) is 0. The maximum atomic E-state index is 12.8. The van der Waals surface area contributed by atoms with Crippen LogP contribution in [0.2, 0.25) is 0 Å². The molecule has 0 aliphatic rings. The van der Waals surface area contributed by atoms with E-state index in [1.807, 2.05) is 0 Å². The van der Waals surface area contributed by atoms with Gasteiger partial charge in [0.05, 0.1) is 6.67 Å². The molecule has 1 atom stereocenters. The number of benzene rings is 1. The summed E-state index contributed by atoms with van der Waals surface area (Å²) in [6.45, 7) is 1.22. The third-order valence-corrected chi connectivity index (χ3v) is 2.03. The number of alkyl halides is 1. The Bertz CT molecular complexity index is 291. The molecule has 0 aliphatic heterocycles. The smallest absolute Gasteiger partial charge is 0.126 e. The third kappa shape index (κ3) is 3.24. The van der Waals surface area contributed by atoms with Gasteiger partial charge in [-0.2, -0.15) is 0 Å². The van der Waals surface area contributed by atoms with Gasteiger partial charge in [-0.1, -0.05) is 12.1 Å². The Balaban J connectivity index is 0.00000169. The molecule has 0 saturated carbocycles. The molecule has 0 radical (unpaired) electrons. The first kappa shape index (κ1) is 13.3. The SMILES string of the molecule is Cc1cc([C@H](N)CCF)ccc1F.Cl. The first-order valence-electron chi connectivity index (χ1n) is 4.22. The second-order valence-electron chi connectivity index (χ2n) is 3.09. The van der Waals surface area contributed by atoms with Crippen molar-refractivity contribution in [3.8, 4) is 0 Å². The van der Waals surface area contributed by atoms with Crippen molar-refractivity contribution in [1.29, 1.82) is 0 Å². The summed E-state index contributed by atoms with van der Waals surface area (Å²) >= 11 is 0. The number of hydrogen-bond acceptors (Lipinski definition) is 1. The molecule has 2 N–H and O–H groups in total. The van der Waals surface area contributed by atoms with E-state index in [-0.39, 0.29) is 30.7 Å². The lowest BCUT2D eigenvalue weighted by atomic mass is 10.0. The average molecular weight is 222 g/mol. The van der Waals surface area contributed by atoms with E-state index >= 15 is 0 Å². The second kappa shape index (κ2) is 5.94. The number of hydrogen-bond donors (Lipinski definition) is 1. The highest BCUT2D eigenvalue weighted by Gasteiger charge is 2.06. The largest absolute Gasteiger partial charge is 0.324 e. The molecule has 0 amide bonds. The Kier molecular flexibility index (Phi) is 5.65. The van der Waals surface area contributed by atoms with Gasteiger partial charge in [-0.05, 0) is 30.5 Å². The Morgan fingerprint density at radius 1 is 1.43 bits per heavy atom. The van der Waals surface area contributed by atoms with Crippen LogP contribution in [-0.4, -0.2) is 6.67 Å². The van der Waals surface area contributed by atoms with Gasteiger partial charge in [-0.15, -0.1) is 12.4 Å². The molecule has 80 valence electrons. The quantitative estimate of drug-likeness (QED) is 0.835. The molecule has 0 fully saturated rings. The summed E-state index contributed by atoms with van der Waals surface area (Å²) in [6, 6.07) is 4.30. The highest BCUT2D eigenvalue weighted by atomic mass is 35.5. The Morgan fingerprint density at radius 3 is 2.57 bits per heavy atom. The Labute approximate surface area is 88.7 Å². The van der Waals surface area contributed by atoms with E-state index in [0.717, 1.165) is 5.56 Å². The first-order valence-corrected chi connectivity index (χ1v) is 4.22.